The number of benzene rings is 1. The van der Waals surface area contributed by atoms with Crippen LogP contribution in [0.5, 0.6) is 0 Å². The van der Waals surface area contributed by atoms with Gasteiger partial charge in [0.15, 0.2) is 4.34 Å². The van der Waals surface area contributed by atoms with Crippen molar-refractivity contribution < 1.29 is 14.4 Å². The Balaban J connectivity index is 1.16. The summed E-state index contributed by atoms with van der Waals surface area (Å²) in [5, 5.41) is 12.1. The molecule has 168 valence electrons. The summed E-state index contributed by atoms with van der Waals surface area (Å²) < 4.78 is 1.63. The van der Waals surface area contributed by atoms with Crippen LogP contribution in [0.3, 0.4) is 0 Å². The van der Waals surface area contributed by atoms with Crippen LogP contribution < -0.4 is 10.2 Å². The highest BCUT2D eigenvalue weighted by Crippen LogP contribution is 2.53. The van der Waals surface area contributed by atoms with E-state index in [1.165, 1.54) is 39.3 Å². The molecule has 2 aromatic heterocycles. The lowest BCUT2D eigenvalue weighted by atomic mass is 9.85. The van der Waals surface area contributed by atoms with Gasteiger partial charge in [-0.2, -0.15) is 0 Å². The minimum Gasteiger partial charge on any atom is -0.300 e. The van der Waals surface area contributed by atoms with E-state index >= 15 is 0 Å². The van der Waals surface area contributed by atoms with Crippen molar-refractivity contribution >= 4 is 73.2 Å². The van der Waals surface area contributed by atoms with Gasteiger partial charge in [-0.25, -0.2) is 9.88 Å². The molecule has 2 bridgehead atoms. The molecule has 1 aliphatic heterocycles. The van der Waals surface area contributed by atoms with Crippen LogP contribution in [0.1, 0.15) is 18.4 Å². The number of amides is 3. The number of aromatic nitrogens is 3. The number of allylic oxidation sites excluding steroid dienone is 2. The number of hydrogen-bond donors (Lipinski definition) is 1. The van der Waals surface area contributed by atoms with Crippen molar-refractivity contribution in [3.05, 3.63) is 35.4 Å². The summed E-state index contributed by atoms with van der Waals surface area (Å²) in [5.41, 5.74) is 1.39. The average Bonchev–Trinajstić information content (AvgIpc) is 3.61. The maximum absolute atomic E-state index is 13.1. The van der Waals surface area contributed by atoms with Crippen molar-refractivity contribution in [2.24, 2.45) is 23.7 Å². The highest BCUT2D eigenvalue weighted by molar-refractivity contribution is 8.01. The van der Waals surface area contributed by atoms with Gasteiger partial charge in [0, 0.05) is 0 Å². The maximum atomic E-state index is 13.1. The second kappa shape index (κ2) is 8.00. The molecule has 4 atom stereocenters. The van der Waals surface area contributed by atoms with E-state index in [2.05, 4.69) is 32.7 Å². The third-order valence-corrected chi connectivity index (χ3v) is 9.57. The largest absolute Gasteiger partial charge is 0.300 e. The van der Waals surface area contributed by atoms with Gasteiger partial charge in [-0.3, -0.25) is 19.7 Å². The van der Waals surface area contributed by atoms with Gasteiger partial charge in [-0.15, -0.1) is 21.5 Å². The van der Waals surface area contributed by atoms with Crippen molar-refractivity contribution in [3.63, 3.8) is 0 Å². The predicted molar refractivity (Wildman–Crippen MR) is 128 cm³/mol. The Morgan fingerprint density at radius 1 is 1.15 bits per heavy atom. The molecule has 6 rings (SSSR count). The first kappa shape index (κ1) is 20.9. The predicted octanol–water partition coefficient (Wildman–Crippen LogP) is 3.75. The van der Waals surface area contributed by atoms with Crippen LogP contribution in [0.4, 0.5) is 10.8 Å². The highest BCUT2D eigenvalue weighted by Gasteiger charge is 2.59. The van der Waals surface area contributed by atoms with Crippen LogP contribution in [0.25, 0.3) is 10.2 Å². The summed E-state index contributed by atoms with van der Waals surface area (Å²) in [6, 6.07) is 5.48. The summed E-state index contributed by atoms with van der Waals surface area (Å²) in [4.78, 5) is 44.4. The number of aryl methyl sites for hydroxylation is 1. The molecule has 1 saturated carbocycles. The number of carbonyl (C=O) groups excluding carboxylic acids is 3. The number of thiazole rings is 1. The number of thioether (sulfide) groups is 1. The summed E-state index contributed by atoms with van der Waals surface area (Å²) in [6.45, 7) is 1.99. The average molecular weight is 498 g/mol. The van der Waals surface area contributed by atoms with E-state index in [0.717, 1.165) is 32.4 Å². The molecule has 3 heterocycles. The molecule has 3 aliphatic rings. The Hall–Kier alpha value is -2.63. The molecular weight excluding hydrogens is 478 g/mol. The minimum atomic E-state index is -0.212. The number of nitrogens with one attached hydrogen (secondary N) is 1. The van der Waals surface area contributed by atoms with Crippen LogP contribution in [-0.2, 0) is 20.8 Å². The minimum absolute atomic E-state index is 0.0834. The molecule has 3 amide bonds. The van der Waals surface area contributed by atoms with Gasteiger partial charge in [-0.1, -0.05) is 42.2 Å². The highest BCUT2D eigenvalue weighted by atomic mass is 32.2. The molecule has 3 aromatic rings. The zero-order chi connectivity index (χ0) is 22.7. The zero-order valence-electron chi connectivity index (χ0n) is 17.6. The Labute approximate surface area is 201 Å². The van der Waals surface area contributed by atoms with Gasteiger partial charge < -0.3 is 0 Å². The van der Waals surface area contributed by atoms with Gasteiger partial charge in [0.05, 0.1) is 33.5 Å². The quantitative estimate of drug-likeness (QED) is 0.314. The smallest absolute Gasteiger partial charge is 0.238 e. The number of anilines is 2. The van der Waals surface area contributed by atoms with Crippen molar-refractivity contribution in [2.45, 2.75) is 24.1 Å². The number of imide groups is 1. The number of fused-ring (bicyclic) bond motifs is 6. The SMILES string of the molecule is CCc1nnc(NC(=O)CSc2nc3ccc(N4C(=O)[C@@H]5[C@@H](C4=O)[C@H]4C=C[C@H]5C4)cc3s2)s1. The normalized spacial score (nSPS) is 25.4. The molecule has 11 heteroatoms. The molecule has 0 unspecified atom stereocenters. The summed E-state index contributed by atoms with van der Waals surface area (Å²) >= 11 is 4.16. The van der Waals surface area contributed by atoms with Crippen molar-refractivity contribution in [1.82, 2.24) is 15.2 Å². The van der Waals surface area contributed by atoms with E-state index in [1.54, 1.807) is 6.07 Å². The fourth-order valence-corrected chi connectivity index (χ4v) is 7.58. The second-order valence-corrected chi connectivity index (χ2v) is 11.7. The van der Waals surface area contributed by atoms with Crippen molar-refractivity contribution in [3.8, 4) is 0 Å². The standard InChI is InChI=1S/C22H19N5O3S3/c1-2-16-25-26-21(33-16)24-15(28)9-31-22-23-13-6-5-12(8-14(13)32-22)27-19(29)17-10-3-4-11(7-10)18(17)20(27)30/h3-6,8,10-11,17-18H,2,7,9H2,1H3,(H,24,26,28)/t10-,11-,17-,18-/m0/s1. The molecule has 2 aliphatic carbocycles. The topological polar surface area (TPSA) is 105 Å². The van der Waals surface area contributed by atoms with E-state index in [-0.39, 0.29) is 47.1 Å². The van der Waals surface area contributed by atoms with Crippen molar-refractivity contribution in [2.75, 3.05) is 16.0 Å². The van der Waals surface area contributed by atoms with Gasteiger partial charge in [0.25, 0.3) is 0 Å². The first-order chi connectivity index (χ1) is 16.0. The molecule has 33 heavy (non-hydrogen) atoms. The van der Waals surface area contributed by atoms with Crippen molar-refractivity contribution in [1.29, 1.82) is 0 Å². The third kappa shape index (κ3) is 3.49. The molecule has 0 spiro atoms. The van der Waals surface area contributed by atoms with E-state index < -0.39 is 0 Å². The molecule has 0 radical (unpaired) electrons. The van der Waals surface area contributed by atoms with E-state index in [1.807, 2.05) is 19.1 Å². The monoisotopic (exact) mass is 497 g/mol. The molecular formula is C22H19N5O3S3. The van der Waals surface area contributed by atoms with Crippen LogP contribution in [0.2, 0.25) is 0 Å². The van der Waals surface area contributed by atoms with Gasteiger partial charge in [-0.05, 0) is 42.9 Å². The first-order valence-corrected chi connectivity index (χ1v) is 13.4. The van der Waals surface area contributed by atoms with Crippen LogP contribution in [0.15, 0.2) is 34.7 Å². The Bertz CT molecular complexity index is 1300. The lowest BCUT2D eigenvalue weighted by Gasteiger charge is -2.17. The lowest BCUT2D eigenvalue weighted by molar-refractivity contribution is -0.123. The fraction of sp³-hybridized carbons (Fsp3) is 0.364. The van der Waals surface area contributed by atoms with Crippen LogP contribution >= 0.6 is 34.4 Å². The number of hydrogen-bond acceptors (Lipinski definition) is 9. The Morgan fingerprint density at radius 2 is 1.91 bits per heavy atom. The summed E-state index contributed by atoms with van der Waals surface area (Å²) in [7, 11) is 0. The van der Waals surface area contributed by atoms with Gasteiger partial charge in [0.1, 0.15) is 5.01 Å². The van der Waals surface area contributed by atoms with Crippen LogP contribution in [-0.4, -0.2) is 38.7 Å². The maximum Gasteiger partial charge on any atom is 0.238 e. The van der Waals surface area contributed by atoms with Crippen LogP contribution in [0, 0.1) is 23.7 Å². The van der Waals surface area contributed by atoms with Gasteiger partial charge >= 0.3 is 0 Å². The molecule has 1 N–H and O–H groups in total. The molecule has 1 aromatic carbocycles. The van der Waals surface area contributed by atoms with E-state index in [9.17, 15) is 14.4 Å². The summed E-state index contributed by atoms with van der Waals surface area (Å²) in [6.07, 6.45) is 5.89. The molecule has 8 nitrogen and oxygen atoms in total. The summed E-state index contributed by atoms with van der Waals surface area (Å²) in [5.74, 6) is -0.170. The number of nitrogens with zero attached hydrogens (tertiary/aromatic N) is 4. The lowest BCUT2D eigenvalue weighted by Crippen LogP contribution is -2.32. The Kier molecular flexibility index (Phi) is 5.07. The second-order valence-electron chi connectivity index (χ2n) is 8.33. The first-order valence-electron chi connectivity index (χ1n) is 10.7. The van der Waals surface area contributed by atoms with Gasteiger partial charge in [0.2, 0.25) is 22.9 Å². The fourth-order valence-electron chi connectivity index (χ4n) is 4.98. The Morgan fingerprint density at radius 3 is 2.61 bits per heavy atom. The molecule has 2 fully saturated rings. The zero-order valence-corrected chi connectivity index (χ0v) is 20.0. The third-order valence-electron chi connectivity index (χ3n) is 6.42. The molecule has 1 saturated heterocycles. The number of rotatable bonds is 6. The number of carbonyl (C=O) groups is 3. The van der Waals surface area contributed by atoms with E-state index in [4.69, 9.17) is 0 Å². The van der Waals surface area contributed by atoms with E-state index in [0.29, 0.717) is 10.8 Å².